The monoisotopic (exact) mass is 225 g/mol. The lowest BCUT2D eigenvalue weighted by Crippen LogP contribution is -2.23. The van der Waals surface area contributed by atoms with Gasteiger partial charge in [-0.1, -0.05) is 20.4 Å². The first-order valence-electron chi connectivity index (χ1n) is 5.66. The maximum absolute atomic E-state index is 11.7. The van der Waals surface area contributed by atoms with Crippen LogP contribution in [0.2, 0.25) is 0 Å². The van der Waals surface area contributed by atoms with Gasteiger partial charge in [-0.3, -0.25) is 9.59 Å². The van der Waals surface area contributed by atoms with Gasteiger partial charge in [-0.15, -0.1) is 0 Å². The Bertz CT molecular complexity index is 286. The average Bonchev–Trinajstić information content (AvgIpc) is 2.59. The van der Waals surface area contributed by atoms with E-state index in [-0.39, 0.29) is 23.7 Å². The maximum Gasteiger partial charge on any atom is 0.308 e. The summed E-state index contributed by atoms with van der Waals surface area (Å²) in [6, 6.07) is 0. The highest BCUT2D eigenvalue weighted by Crippen LogP contribution is 2.21. The van der Waals surface area contributed by atoms with Crippen LogP contribution in [0.4, 0.5) is 0 Å². The Hall–Kier alpha value is -1.32. The SMILES string of the molecule is C=CN1CCC(CCOC(=O)C(C)C)C1=O. The minimum atomic E-state index is -0.203. The first-order chi connectivity index (χ1) is 7.56. The van der Waals surface area contributed by atoms with Gasteiger partial charge in [-0.05, 0) is 19.0 Å². The number of carbonyl (C=O) groups excluding carboxylic acids is 2. The summed E-state index contributed by atoms with van der Waals surface area (Å²) < 4.78 is 5.05. The third-order valence-corrected chi connectivity index (χ3v) is 2.75. The Morgan fingerprint density at radius 3 is 2.88 bits per heavy atom. The molecule has 1 fully saturated rings. The first kappa shape index (κ1) is 12.7. The van der Waals surface area contributed by atoms with Crippen molar-refractivity contribution in [2.45, 2.75) is 26.7 Å². The summed E-state index contributed by atoms with van der Waals surface area (Å²) in [4.78, 5) is 24.5. The highest BCUT2D eigenvalue weighted by atomic mass is 16.5. The smallest absolute Gasteiger partial charge is 0.308 e. The van der Waals surface area contributed by atoms with E-state index in [0.29, 0.717) is 13.0 Å². The largest absolute Gasteiger partial charge is 0.465 e. The fourth-order valence-electron chi connectivity index (χ4n) is 1.68. The van der Waals surface area contributed by atoms with Crippen molar-refractivity contribution < 1.29 is 14.3 Å². The zero-order valence-corrected chi connectivity index (χ0v) is 9.94. The first-order valence-corrected chi connectivity index (χ1v) is 5.66. The Kier molecular flexibility index (Phi) is 4.52. The van der Waals surface area contributed by atoms with E-state index in [2.05, 4.69) is 6.58 Å². The van der Waals surface area contributed by atoms with Gasteiger partial charge in [0.25, 0.3) is 0 Å². The summed E-state index contributed by atoms with van der Waals surface area (Å²) in [6.07, 6.45) is 2.99. The third-order valence-electron chi connectivity index (χ3n) is 2.75. The second-order valence-electron chi connectivity index (χ2n) is 4.31. The van der Waals surface area contributed by atoms with Gasteiger partial charge in [0.1, 0.15) is 0 Å². The van der Waals surface area contributed by atoms with Gasteiger partial charge in [0.2, 0.25) is 5.91 Å². The van der Waals surface area contributed by atoms with Crippen LogP contribution in [-0.2, 0) is 14.3 Å². The van der Waals surface area contributed by atoms with Crippen molar-refractivity contribution in [3.63, 3.8) is 0 Å². The summed E-state index contributed by atoms with van der Waals surface area (Å²) in [7, 11) is 0. The molecule has 1 unspecified atom stereocenters. The van der Waals surface area contributed by atoms with Gasteiger partial charge in [-0.2, -0.15) is 0 Å². The summed E-state index contributed by atoms with van der Waals surface area (Å²) in [5.74, 6) is -0.233. The van der Waals surface area contributed by atoms with Gasteiger partial charge in [-0.25, -0.2) is 0 Å². The minimum absolute atomic E-state index is 0.0158. The highest BCUT2D eigenvalue weighted by molar-refractivity contribution is 5.81. The van der Waals surface area contributed by atoms with Crippen LogP contribution >= 0.6 is 0 Å². The lowest BCUT2D eigenvalue weighted by atomic mass is 10.1. The highest BCUT2D eigenvalue weighted by Gasteiger charge is 2.29. The normalized spacial score (nSPS) is 20.3. The van der Waals surface area contributed by atoms with Gasteiger partial charge >= 0.3 is 5.97 Å². The van der Waals surface area contributed by atoms with Gasteiger partial charge in [0, 0.05) is 12.5 Å². The number of amides is 1. The van der Waals surface area contributed by atoms with Crippen LogP contribution in [0.5, 0.6) is 0 Å². The molecular weight excluding hydrogens is 206 g/mol. The second kappa shape index (κ2) is 5.68. The molecule has 1 saturated heterocycles. The molecule has 1 aliphatic rings. The molecule has 0 aromatic heterocycles. The number of carbonyl (C=O) groups is 2. The predicted octanol–water partition coefficient (Wildman–Crippen LogP) is 1.57. The lowest BCUT2D eigenvalue weighted by Gasteiger charge is -2.11. The molecule has 0 N–H and O–H groups in total. The quantitative estimate of drug-likeness (QED) is 0.667. The van der Waals surface area contributed by atoms with Crippen molar-refractivity contribution in [2.24, 2.45) is 11.8 Å². The van der Waals surface area contributed by atoms with Crippen molar-refractivity contribution in [3.05, 3.63) is 12.8 Å². The molecule has 0 radical (unpaired) electrons. The van der Waals surface area contributed by atoms with Crippen LogP contribution in [0.25, 0.3) is 0 Å². The van der Waals surface area contributed by atoms with E-state index in [1.54, 1.807) is 24.9 Å². The molecule has 0 aliphatic carbocycles. The Balaban J connectivity index is 2.27. The Morgan fingerprint density at radius 1 is 1.69 bits per heavy atom. The van der Waals surface area contributed by atoms with Crippen LogP contribution in [-0.4, -0.2) is 29.9 Å². The predicted molar refractivity (Wildman–Crippen MR) is 60.4 cm³/mol. The molecule has 0 aromatic rings. The van der Waals surface area contributed by atoms with E-state index in [1.165, 1.54) is 0 Å². The van der Waals surface area contributed by atoms with E-state index in [0.717, 1.165) is 13.0 Å². The number of rotatable bonds is 5. The molecule has 90 valence electrons. The van der Waals surface area contributed by atoms with E-state index in [9.17, 15) is 9.59 Å². The molecule has 4 heteroatoms. The van der Waals surface area contributed by atoms with Gasteiger partial charge < -0.3 is 9.64 Å². The zero-order valence-electron chi connectivity index (χ0n) is 9.94. The second-order valence-corrected chi connectivity index (χ2v) is 4.31. The summed E-state index contributed by atoms with van der Waals surface area (Å²) in [5, 5.41) is 0. The number of esters is 1. The summed E-state index contributed by atoms with van der Waals surface area (Å²) in [5.41, 5.74) is 0. The van der Waals surface area contributed by atoms with E-state index < -0.39 is 0 Å². The molecule has 16 heavy (non-hydrogen) atoms. The molecule has 1 amide bonds. The number of ether oxygens (including phenoxy) is 1. The van der Waals surface area contributed by atoms with Crippen molar-refractivity contribution in [1.82, 2.24) is 4.90 Å². The number of likely N-dealkylation sites (tertiary alicyclic amines) is 1. The fourth-order valence-corrected chi connectivity index (χ4v) is 1.68. The molecule has 0 bridgehead atoms. The van der Waals surface area contributed by atoms with Crippen molar-refractivity contribution in [3.8, 4) is 0 Å². The lowest BCUT2D eigenvalue weighted by molar-refractivity contribution is -0.148. The van der Waals surface area contributed by atoms with E-state index >= 15 is 0 Å². The van der Waals surface area contributed by atoms with Crippen molar-refractivity contribution in [2.75, 3.05) is 13.2 Å². The minimum Gasteiger partial charge on any atom is -0.465 e. The fraction of sp³-hybridized carbons (Fsp3) is 0.667. The maximum atomic E-state index is 11.7. The summed E-state index contributed by atoms with van der Waals surface area (Å²) in [6.45, 7) is 8.23. The van der Waals surface area contributed by atoms with Gasteiger partial charge in [0.05, 0.1) is 12.5 Å². The molecule has 1 aliphatic heterocycles. The molecule has 1 atom stereocenters. The van der Waals surface area contributed by atoms with Gasteiger partial charge in [0.15, 0.2) is 0 Å². The number of nitrogens with zero attached hydrogens (tertiary/aromatic N) is 1. The number of hydrogen-bond acceptors (Lipinski definition) is 3. The Labute approximate surface area is 96.3 Å². The van der Waals surface area contributed by atoms with Crippen LogP contribution < -0.4 is 0 Å². The van der Waals surface area contributed by atoms with Crippen LogP contribution in [0, 0.1) is 11.8 Å². The average molecular weight is 225 g/mol. The van der Waals surface area contributed by atoms with Crippen LogP contribution in [0.1, 0.15) is 26.7 Å². The zero-order chi connectivity index (χ0) is 12.1. The standard InChI is InChI=1S/C12H19NO3/c1-4-13-7-5-10(11(13)14)6-8-16-12(15)9(2)3/h4,9-10H,1,5-8H2,2-3H3. The van der Waals surface area contributed by atoms with E-state index in [1.807, 2.05) is 0 Å². The van der Waals surface area contributed by atoms with Crippen LogP contribution in [0.3, 0.4) is 0 Å². The van der Waals surface area contributed by atoms with Crippen LogP contribution in [0.15, 0.2) is 12.8 Å². The molecule has 1 rings (SSSR count). The molecule has 0 saturated carbocycles. The molecule has 0 spiro atoms. The third kappa shape index (κ3) is 3.08. The topological polar surface area (TPSA) is 46.6 Å². The Morgan fingerprint density at radius 2 is 2.38 bits per heavy atom. The molecule has 0 aromatic carbocycles. The number of hydrogen-bond donors (Lipinski definition) is 0. The molecule has 4 nitrogen and oxygen atoms in total. The van der Waals surface area contributed by atoms with Crippen molar-refractivity contribution >= 4 is 11.9 Å². The van der Waals surface area contributed by atoms with E-state index in [4.69, 9.17) is 4.74 Å². The molecule has 1 heterocycles. The van der Waals surface area contributed by atoms with Crippen molar-refractivity contribution in [1.29, 1.82) is 0 Å². The summed E-state index contributed by atoms with van der Waals surface area (Å²) >= 11 is 0. The molecular formula is C12H19NO3.